The molecule has 0 amide bonds. The monoisotopic (exact) mass is 129 g/mol. The Morgan fingerprint density at radius 2 is 2.44 bits per heavy atom. The van der Waals surface area contributed by atoms with E-state index in [1.54, 1.807) is 0 Å². The van der Waals surface area contributed by atoms with Crippen molar-refractivity contribution in [1.29, 1.82) is 0 Å². The summed E-state index contributed by atoms with van der Waals surface area (Å²) in [7, 11) is 0. The highest BCUT2D eigenvalue weighted by Gasteiger charge is 1.95. The first-order valence-corrected chi connectivity index (χ1v) is 2.78. The van der Waals surface area contributed by atoms with Crippen molar-refractivity contribution in [3.8, 4) is 0 Å². The van der Waals surface area contributed by atoms with Crippen LogP contribution in [0.2, 0.25) is 0 Å². The molecule has 2 N–H and O–H groups in total. The Morgan fingerprint density at radius 1 is 1.78 bits per heavy atom. The first kappa shape index (κ1) is 8.17. The summed E-state index contributed by atoms with van der Waals surface area (Å²) < 4.78 is 4.60. The second kappa shape index (κ2) is 5.31. The largest absolute Gasteiger partial charge is 0.464 e. The van der Waals surface area contributed by atoms with E-state index in [0.717, 1.165) is 0 Å². The molecule has 0 radical (unpaired) electrons. The van der Waals surface area contributed by atoms with Gasteiger partial charge >= 0.3 is 5.97 Å². The van der Waals surface area contributed by atoms with Crippen LogP contribution in [0.1, 0.15) is 6.42 Å². The molecule has 0 saturated heterocycles. The number of hydrogen-bond donors (Lipinski definition) is 1. The zero-order chi connectivity index (χ0) is 7.11. The molecule has 0 spiro atoms. The standard InChI is InChI=1S/C6H11NO2/c1-2-3-6(8)9-5-4-7/h2H,1,3-5,7H2. The molecule has 0 saturated carbocycles. The number of ether oxygens (including phenoxy) is 1. The zero-order valence-corrected chi connectivity index (χ0v) is 5.30. The Morgan fingerprint density at radius 3 is 2.89 bits per heavy atom. The lowest BCUT2D eigenvalue weighted by Gasteiger charge is -1.97. The summed E-state index contributed by atoms with van der Waals surface area (Å²) in [5, 5.41) is 0. The molecule has 52 valence electrons. The van der Waals surface area contributed by atoms with E-state index in [4.69, 9.17) is 5.73 Å². The Balaban J connectivity index is 3.16. The lowest BCUT2D eigenvalue weighted by atomic mass is 10.4. The van der Waals surface area contributed by atoms with Gasteiger partial charge in [0, 0.05) is 6.54 Å². The quantitative estimate of drug-likeness (QED) is 0.431. The summed E-state index contributed by atoms with van der Waals surface area (Å²) in [5.41, 5.74) is 5.07. The van der Waals surface area contributed by atoms with Gasteiger partial charge in [-0.15, -0.1) is 6.58 Å². The van der Waals surface area contributed by atoms with Gasteiger partial charge in [-0.1, -0.05) is 6.08 Å². The minimum atomic E-state index is -0.268. The van der Waals surface area contributed by atoms with E-state index in [9.17, 15) is 4.79 Å². The van der Waals surface area contributed by atoms with Crippen LogP contribution in [-0.2, 0) is 9.53 Å². The molecular weight excluding hydrogens is 118 g/mol. The summed E-state index contributed by atoms with van der Waals surface area (Å²) in [6.45, 7) is 4.05. The third kappa shape index (κ3) is 5.03. The van der Waals surface area contributed by atoms with Crippen molar-refractivity contribution in [2.45, 2.75) is 6.42 Å². The molecule has 0 aromatic carbocycles. The SMILES string of the molecule is C=CCC(=O)OCCN. The fourth-order valence-corrected chi connectivity index (χ4v) is 0.350. The molecule has 0 unspecified atom stereocenters. The van der Waals surface area contributed by atoms with Gasteiger partial charge in [0.2, 0.25) is 0 Å². The molecule has 0 atom stereocenters. The molecule has 0 aliphatic carbocycles. The maximum absolute atomic E-state index is 10.5. The van der Waals surface area contributed by atoms with Crippen molar-refractivity contribution >= 4 is 5.97 Å². The summed E-state index contributed by atoms with van der Waals surface area (Å²) in [4.78, 5) is 10.5. The van der Waals surface area contributed by atoms with Gasteiger partial charge in [-0.05, 0) is 0 Å². The number of hydrogen-bond acceptors (Lipinski definition) is 3. The molecule has 0 aliphatic rings. The van der Waals surface area contributed by atoms with Crippen molar-refractivity contribution in [1.82, 2.24) is 0 Å². The fourth-order valence-electron chi connectivity index (χ4n) is 0.350. The van der Waals surface area contributed by atoms with Crippen LogP contribution in [0, 0.1) is 0 Å². The van der Waals surface area contributed by atoms with Crippen LogP contribution in [0.25, 0.3) is 0 Å². The molecule has 3 heteroatoms. The Kier molecular flexibility index (Phi) is 4.82. The topological polar surface area (TPSA) is 52.3 Å². The fraction of sp³-hybridized carbons (Fsp3) is 0.500. The molecule has 0 rings (SSSR count). The highest BCUT2D eigenvalue weighted by atomic mass is 16.5. The highest BCUT2D eigenvalue weighted by molar-refractivity contribution is 5.70. The number of carbonyl (C=O) groups is 1. The van der Waals surface area contributed by atoms with Crippen LogP contribution in [-0.4, -0.2) is 19.1 Å². The molecule has 9 heavy (non-hydrogen) atoms. The molecule has 0 aliphatic heterocycles. The lowest BCUT2D eigenvalue weighted by molar-refractivity contribution is -0.142. The van der Waals surface area contributed by atoms with Crippen LogP contribution in [0.4, 0.5) is 0 Å². The van der Waals surface area contributed by atoms with Crippen molar-refractivity contribution in [3.05, 3.63) is 12.7 Å². The van der Waals surface area contributed by atoms with Crippen molar-refractivity contribution in [2.24, 2.45) is 5.73 Å². The predicted octanol–water partition coefficient (Wildman–Crippen LogP) is 0.0644. The third-order valence-corrected chi connectivity index (χ3v) is 0.692. The smallest absolute Gasteiger partial charge is 0.309 e. The normalized spacial score (nSPS) is 8.56. The van der Waals surface area contributed by atoms with E-state index in [2.05, 4.69) is 11.3 Å². The van der Waals surface area contributed by atoms with Gasteiger partial charge in [0.1, 0.15) is 6.61 Å². The van der Waals surface area contributed by atoms with Gasteiger partial charge < -0.3 is 10.5 Å². The summed E-state index contributed by atoms with van der Waals surface area (Å²) in [6, 6.07) is 0. The molecule has 0 bridgehead atoms. The second-order valence-corrected chi connectivity index (χ2v) is 1.50. The van der Waals surface area contributed by atoms with Crippen molar-refractivity contribution < 1.29 is 9.53 Å². The molecule has 0 heterocycles. The van der Waals surface area contributed by atoms with E-state index in [1.165, 1.54) is 6.08 Å². The zero-order valence-electron chi connectivity index (χ0n) is 5.30. The van der Waals surface area contributed by atoms with Gasteiger partial charge in [0.05, 0.1) is 6.42 Å². The van der Waals surface area contributed by atoms with Crippen molar-refractivity contribution in [3.63, 3.8) is 0 Å². The summed E-state index contributed by atoms with van der Waals surface area (Å²) in [6.07, 6.45) is 1.76. The first-order chi connectivity index (χ1) is 4.31. The maximum Gasteiger partial charge on any atom is 0.309 e. The average Bonchev–Trinajstić information content (AvgIpc) is 1.85. The predicted molar refractivity (Wildman–Crippen MR) is 34.8 cm³/mol. The van der Waals surface area contributed by atoms with E-state index in [1.807, 2.05) is 0 Å². The van der Waals surface area contributed by atoms with Crippen LogP contribution >= 0.6 is 0 Å². The molecular formula is C6H11NO2. The minimum Gasteiger partial charge on any atom is -0.464 e. The van der Waals surface area contributed by atoms with Crippen LogP contribution < -0.4 is 5.73 Å². The van der Waals surface area contributed by atoms with E-state index < -0.39 is 0 Å². The van der Waals surface area contributed by atoms with Gasteiger partial charge in [0.15, 0.2) is 0 Å². The third-order valence-electron chi connectivity index (χ3n) is 0.692. The minimum absolute atomic E-state index is 0.264. The summed E-state index contributed by atoms with van der Waals surface area (Å²) >= 11 is 0. The maximum atomic E-state index is 10.5. The molecule has 3 nitrogen and oxygen atoms in total. The van der Waals surface area contributed by atoms with Gasteiger partial charge in [-0.3, -0.25) is 4.79 Å². The summed E-state index contributed by atoms with van der Waals surface area (Å²) in [5.74, 6) is -0.268. The Bertz CT molecular complexity index is 101. The number of esters is 1. The van der Waals surface area contributed by atoms with E-state index in [-0.39, 0.29) is 12.4 Å². The van der Waals surface area contributed by atoms with Crippen LogP contribution in [0.15, 0.2) is 12.7 Å². The second-order valence-electron chi connectivity index (χ2n) is 1.50. The van der Waals surface area contributed by atoms with E-state index >= 15 is 0 Å². The van der Waals surface area contributed by atoms with Crippen LogP contribution in [0.5, 0.6) is 0 Å². The van der Waals surface area contributed by atoms with Gasteiger partial charge in [-0.2, -0.15) is 0 Å². The molecule has 0 fully saturated rings. The van der Waals surface area contributed by atoms with Gasteiger partial charge in [0.25, 0.3) is 0 Å². The lowest BCUT2D eigenvalue weighted by Crippen LogP contribution is -2.12. The highest BCUT2D eigenvalue weighted by Crippen LogP contribution is 1.84. The molecule has 0 aromatic rings. The molecule has 0 aromatic heterocycles. The number of carbonyl (C=O) groups excluding carboxylic acids is 1. The van der Waals surface area contributed by atoms with E-state index in [0.29, 0.717) is 13.2 Å². The van der Waals surface area contributed by atoms with Crippen molar-refractivity contribution in [2.75, 3.05) is 13.2 Å². The van der Waals surface area contributed by atoms with Gasteiger partial charge in [-0.25, -0.2) is 0 Å². The Labute approximate surface area is 54.5 Å². The number of rotatable bonds is 4. The van der Waals surface area contributed by atoms with Crippen LogP contribution in [0.3, 0.4) is 0 Å². The number of nitrogens with two attached hydrogens (primary N) is 1. The average molecular weight is 129 g/mol. The first-order valence-electron chi connectivity index (χ1n) is 2.78. The Hall–Kier alpha value is -0.830.